The number of aliphatic hydroxyl groups excluding tert-OH is 1. The number of anilines is 1. The Kier molecular flexibility index (Phi) is 7.33. The van der Waals surface area contributed by atoms with E-state index >= 15 is 0 Å². The van der Waals surface area contributed by atoms with E-state index in [0.717, 1.165) is 16.8 Å². The second-order valence-corrected chi connectivity index (χ2v) is 9.80. The minimum absolute atomic E-state index is 0.00428. The van der Waals surface area contributed by atoms with Crippen LogP contribution in [0, 0.1) is 25.7 Å². The van der Waals surface area contributed by atoms with E-state index in [0.29, 0.717) is 32.2 Å². The zero-order valence-electron chi connectivity index (χ0n) is 20.9. The van der Waals surface area contributed by atoms with E-state index in [1.165, 1.54) is 0 Å². The Morgan fingerprint density at radius 2 is 2.11 bits per heavy atom. The lowest BCUT2D eigenvalue weighted by Crippen LogP contribution is -2.56. The molecule has 8 heteroatoms. The highest BCUT2D eigenvalue weighted by atomic mass is 16.6. The lowest BCUT2D eigenvalue weighted by molar-refractivity contribution is -0.154. The summed E-state index contributed by atoms with van der Waals surface area (Å²) in [6, 6.07) is 5.08. The van der Waals surface area contributed by atoms with Crippen LogP contribution < -0.4 is 4.90 Å². The van der Waals surface area contributed by atoms with Crippen molar-refractivity contribution in [3.8, 4) is 0 Å². The summed E-state index contributed by atoms with van der Waals surface area (Å²) in [4.78, 5) is 44.3. The van der Waals surface area contributed by atoms with Crippen LogP contribution in [0.15, 0.2) is 30.9 Å². The molecule has 4 rings (SSSR count). The van der Waals surface area contributed by atoms with Gasteiger partial charge in [-0.15, -0.1) is 6.58 Å². The number of esters is 1. The number of aryl methyl sites for hydroxylation is 2. The lowest BCUT2D eigenvalue weighted by Gasteiger charge is -2.37. The number of carbonyl (C=O) groups is 3. The highest BCUT2D eigenvalue weighted by molar-refractivity contribution is 6.05. The second-order valence-electron chi connectivity index (χ2n) is 9.80. The monoisotopic (exact) mass is 484 g/mol. The molecule has 1 spiro atoms. The van der Waals surface area contributed by atoms with Gasteiger partial charge < -0.3 is 24.4 Å². The molecule has 0 saturated carbocycles. The lowest BCUT2D eigenvalue weighted by atomic mass is 9.70. The van der Waals surface area contributed by atoms with Crippen LogP contribution in [-0.2, 0) is 23.9 Å². The highest BCUT2D eigenvalue weighted by Gasteiger charge is 2.75. The maximum atomic E-state index is 14.4. The fourth-order valence-corrected chi connectivity index (χ4v) is 6.17. The maximum Gasteiger partial charge on any atom is 0.312 e. The molecular weight excluding hydrogens is 448 g/mol. The number of hydrogen-bond donors (Lipinski definition) is 1. The number of fused-ring (bicyclic) bond motifs is 1. The Balaban J connectivity index is 1.77. The van der Waals surface area contributed by atoms with Gasteiger partial charge in [0.05, 0.1) is 24.5 Å². The number of hydrogen-bond acceptors (Lipinski definition) is 6. The summed E-state index contributed by atoms with van der Waals surface area (Å²) in [5.41, 5.74) is 1.67. The van der Waals surface area contributed by atoms with Crippen LogP contribution >= 0.6 is 0 Å². The first-order valence-corrected chi connectivity index (χ1v) is 12.6. The van der Waals surface area contributed by atoms with Gasteiger partial charge >= 0.3 is 5.97 Å². The number of benzene rings is 1. The van der Waals surface area contributed by atoms with Crippen LogP contribution in [0.4, 0.5) is 5.69 Å². The van der Waals surface area contributed by atoms with Gasteiger partial charge in [0.15, 0.2) is 0 Å². The molecule has 3 aliphatic rings. The Hall–Kier alpha value is -2.71. The molecule has 1 aromatic rings. The maximum absolute atomic E-state index is 14.4. The van der Waals surface area contributed by atoms with E-state index in [1.807, 2.05) is 32.0 Å². The van der Waals surface area contributed by atoms with E-state index in [9.17, 15) is 19.5 Å². The molecule has 3 aliphatic heterocycles. The van der Waals surface area contributed by atoms with E-state index < -0.39 is 35.6 Å². The van der Waals surface area contributed by atoms with Gasteiger partial charge in [0.2, 0.25) is 5.91 Å². The molecule has 0 radical (unpaired) electrons. The molecule has 190 valence electrons. The van der Waals surface area contributed by atoms with Gasteiger partial charge in [0, 0.05) is 25.4 Å². The van der Waals surface area contributed by atoms with Crippen molar-refractivity contribution in [1.29, 1.82) is 0 Å². The Morgan fingerprint density at radius 3 is 2.80 bits per heavy atom. The van der Waals surface area contributed by atoms with E-state index in [-0.39, 0.29) is 31.6 Å². The van der Waals surface area contributed by atoms with Crippen LogP contribution in [-0.4, -0.2) is 71.8 Å². The smallest absolute Gasteiger partial charge is 0.312 e. The number of carbonyl (C=O) groups excluding carboxylic acids is 3. The van der Waals surface area contributed by atoms with Crippen molar-refractivity contribution in [3.63, 3.8) is 0 Å². The minimum atomic E-state index is -1.06. The molecule has 5 atom stereocenters. The van der Waals surface area contributed by atoms with Gasteiger partial charge in [-0.1, -0.05) is 18.2 Å². The predicted molar refractivity (Wildman–Crippen MR) is 131 cm³/mol. The SMILES string of the molecule is C=CCN(C(=O)[C@H]1N(CCCCO)C(=O)[C@@H]2[C@@H](C(=O)OCC)[C@H]3CC[C@]21O3)c1cc(C)ccc1C. The molecule has 1 aromatic carbocycles. The van der Waals surface area contributed by atoms with Crippen LogP contribution in [0.25, 0.3) is 0 Å². The van der Waals surface area contributed by atoms with Crippen molar-refractivity contribution in [3.05, 3.63) is 42.0 Å². The summed E-state index contributed by atoms with van der Waals surface area (Å²) in [5, 5.41) is 9.31. The first-order chi connectivity index (χ1) is 16.8. The minimum Gasteiger partial charge on any atom is -0.466 e. The first kappa shape index (κ1) is 25.4. The molecule has 2 bridgehead atoms. The van der Waals surface area contributed by atoms with Gasteiger partial charge in [-0.2, -0.15) is 0 Å². The van der Waals surface area contributed by atoms with E-state index in [1.54, 1.807) is 22.8 Å². The third-order valence-electron chi connectivity index (χ3n) is 7.63. The molecule has 8 nitrogen and oxygen atoms in total. The van der Waals surface area contributed by atoms with Crippen molar-refractivity contribution >= 4 is 23.5 Å². The normalized spacial score (nSPS) is 28.8. The summed E-state index contributed by atoms with van der Waals surface area (Å²) in [6.07, 6.45) is 3.45. The van der Waals surface area contributed by atoms with E-state index in [2.05, 4.69) is 6.58 Å². The summed E-state index contributed by atoms with van der Waals surface area (Å²) < 4.78 is 11.8. The molecule has 1 N–H and O–H groups in total. The number of unbranched alkanes of at least 4 members (excludes halogenated alkanes) is 1. The number of ether oxygens (including phenoxy) is 2. The van der Waals surface area contributed by atoms with Gasteiger partial charge in [-0.25, -0.2) is 0 Å². The van der Waals surface area contributed by atoms with Crippen LogP contribution in [0.5, 0.6) is 0 Å². The first-order valence-electron chi connectivity index (χ1n) is 12.6. The highest BCUT2D eigenvalue weighted by Crippen LogP contribution is 2.59. The van der Waals surface area contributed by atoms with Crippen LogP contribution in [0.3, 0.4) is 0 Å². The largest absolute Gasteiger partial charge is 0.466 e. The molecule has 0 unspecified atom stereocenters. The molecule has 0 aromatic heterocycles. The van der Waals surface area contributed by atoms with Crippen molar-refractivity contribution in [2.24, 2.45) is 11.8 Å². The third kappa shape index (κ3) is 4.16. The number of likely N-dealkylation sites (tertiary alicyclic amines) is 1. The van der Waals surface area contributed by atoms with Gasteiger partial charge in [-0.05, 0) is 63.6 Å². The van der Waals surface area contributed by atoms with Crippen molar-refractivity contribution < 1.29 is 29.0 Å². The molecular formula is C27H36N2O6. The Morgan fingerprint density at radius 1 is 1.34 bits per heavy atom. The molecule has 0 aliphatic carbocycles. The Labute approximate surface area is 206 Å². The summed E-state index contributed by atoms with van der Waals surface area (Å²) >= 11 is 0. The Bertz CT molecular complexity index is 1010. The molecule has 3 fully saturated rings. The average Bonchev–Trinajstić information content (AvgIpc) is 3.47. The van der Waals surface area contributed by atoms with Crippen molar-refractivity contribution in [2.45, 2.75) is 64.2 Å². The summed E-state index contributed by atoms with van der Waals surface area (Å²) in [5.74, 6) is -2.35. The summed E-state index contributed by atoms with van der Waals surface area (Å²) in [6.45, 7) is 10.3. The van der Waals surface area contributed by atoms with Crippen LogP contribution in [0.2, 0.25) is 0 Å². The quantitative estimate of drug-likeness (QED) is 0.312. The van der Waals surface area contributed by atoms with Gasteiger partial charge in [-0.3, -0.25) is 14.4 Å². The number of nitrogens with zero attached hydrogens (tertiary/aromatic N) is 2. The third-order valence-corrected chi connectivity index (χ3v) is 7.63. The fourth-order valence-electron chi connectivity index (χ4n) is 6.17. The zero-order valence-corrected chi connectivity index (χ0v) is 20.9. The molecule has 3 heterocycles. The van der Waals surface area contributed by atoms with Gasteiger partial charge in [0.25, 0.3) is 5.91 Å². The number of aliphatic hydroxyl groups is 1. The van der Waals surface area contributed by atoms with Crippen molar-refractivity contribution in [1.82, 2.24) is 4.90 Å². The standard InChI is InChI=1S/C27H36N2O6/c1-5-13-28(19-16-17(3)9-10-18(19)4)25(32)23-27-12-11-20(35-27)21(26(33)34-6-2)22(27)24(31)29(23)14-7-8-15-30/h5,9-10,16,20-23,30H,1,6-8,11-15H2,2-4H3/t20-,21+,22+,23-,27+/m1/s1. The topological polar surface area (TPSA) is 96.4 Å². The molecule has 2 amide bonds. The summed E-state index contributed by atoms with van der Waals surface area (Å²) in [7, 11) is 0. The second kappa shape index (κ2) is 10.1. The molecule has 3 saturated heterocycles. The van der Waals surface area contributed by atoms with E-state index in [4.69, 9.17) is 9.47 Å². The average molecular weight is 485 g/mol. The van der Waals surface area contributed by atoms with Gasteiger partial charge in [0.1, 0.15) is 11.6 Å². The number of amides is 2. The van der Waals surface area contributed by atoms with Crippen molar-refractivity contribution in [2.75, 3.05) is 31.2 Å². The predicted octanol–water partition coefficient (Wildman–Crippen LogP) is 2.53. The van der Waals surface area contributed by atoms with Crippen LogP contribution in [0.1, 0.15) is 43.7 Å². The zero-order chi connectivity index (χ0) is 25.3. The fraction of sp³-hybridized carbons (Fsp3) is 0.593. The molecule has 35 heavy (non-hydrogen) atoms. The number of rotatable bonds is 10.